The van der Waals surface area contributed by atoms with Gasteiger partial charge in [0.05, 0.1) is 5.92 Å². The Morgan fingerprint density at radius 3 is 2.32 bits per heavy atom. The molecule has 2 aromatic rings. The van der Waals surface area contributed by atoms with Crippen LogP contribution in [0.15, 0.2) is 61.2 Å². The van der Waals surface area contributed by atoms with Gasteiger partial charge in [-0.3, -0.25) is 4.79 Å². The smallest absolute Gasteiger partial charge is 0.407 e. The van der Waals surface area contributed by atoms with Crippen molar-refractivity contribution < 1.29 is 24.2 Å². The number of amides is 2. The van der Waals surface area contributed by atoms with E-state index in [-0.39, 0.29) is 30.9 Å². The van der Waals surface area contributed by atoms with E-state index in [1.54, 1.807) is 6.08 Å². The summed E-state index contributed by atoms with van der Waals surface area (Å²) in [4.78, 5) is 36.9. The molecule has 3 unspecified atom stereocenters. The highest BCUT2D eigenvalue weighted by atomic mass is 16.5. The fourth-order valence-electron chi connectivity index (χ4n) is 5.06. The van der Waals surface area contributed by atoms with Gasteiger partial charge in [0.15, 0.2) is 0 Å². The number of fused-ring (bicyclic) bond motifs is 3. The number of nitrogens with one attached hydrogen (secondary N) is 2. The Labute approximate surface area is 199 Å². The zero-order valence-electron chi connectivity index (χ0n) is 19.0. The molecule has 7 nitrogen and oxygen atoms in total. The van der Waals surface area contributed by atoms with Crippen LogP contribution >= 0.6 is 0 Å². The standard InChI is InChI=1S/C27H30N2O5/c1-2-3-14-24(26(31)32)28-25(30)21-13-8-15-23(21)29-27(33)34-16-22-19-11-6-4-9-17(19)18-10-5-7-12-20(18)22/h2,4-7,9-12,21-24H,1,3,8,13-16H2,(H,28,30)(H,29,33)(H,31,32). The number of aliphatic carboxylic acids is 1. The van der Waals surface area contributed by atoms with Crippen molar-refractivity contribution >= 4 is 18.0 Å². The molecule has 0 spiro atoms. The van der Waals surface area contributed by atoms with Crippen molar-refractivity contribution in [1.29, 1.82) is 0 Å². The predicted molar refractivity (Wildman–Crippen MR) is 128 cm³/mol. The minimum Gasteiger partial charge on any atom is -0.480 e. The van der Waals surface area contributed by atoms with Crippen LogP contribution in [0.5, 0.6) is 0 Å². The van der Waals surface area contributed by atoms with E-state index in [1.807, 2.05) is 24.3 Å². The highest BCUT2D eigenvalue weighted by Crippen LogP contribution is 2.44. The molecule has 0 radical (unpaired) electrons. The minimum atomic E-state index is -1.07. The molecule has 3 N–H and O–H groups in total. The lowest BCUT2D eigenvalue weighted by molar-refractivity contribution is -0.142. The van der Waals surface area contributed by atoms with Crippen LogP contribution in [0.2, 0.25) is 0 Å². The first kappa shape index (κ1) is 23.5. The normalized spacial score (nSPS) is 19.5. The number of carboxylic acid groups (broad SMARTS) is 1. The molecule has 1 saturated carbocycles. The lowest BCUT2D eigenvalue weighted by Crippen LogP contribution is -2.48. The Balaban J connectivity index is 1.35. The molecular formula is C27H30N2O5. The summed E-state index contributed by atoms with van der Waals surface area (Å²) in [5, 5.41) is 14.8. The van der Waals surface area contributed by atoms with Gasteiger partial charge in [0.25, 0.3) is 0 Å². The molecule has 2 amide bonds. The third kappa shape index (κ3) is 4.98. The van der Waals surface area contributed by atoms with E-state index < -0.39 is 24.0 Å². The molecule has 3 atom stereocenters. The summed E-state index contributed by atoms with van der Waals surface area (Å²) >= 11 is 0. The Kier molecular flexibility index (Phi) is 7.30. The molecule has 1 fully saturated rings. The lowest BCUT2D eigenvalue weighted by Gasteiger charge is -2.23. The first-order valence-corrected chi connectivity index (χ1v) is 11.7. The van der Waals surface area contributed by atoms with Crippen molar-refractivity contribution in [2.45, 2.75) is 50.1 Å². The molecule has 178 valence electrons. The third-order valence-electron chi connectivity index (χ3n) is 6.77. The highest BCUT2D eigenvalue weighted by Gasteiger charge is 2.36. The maximum absolute atomic E-state index is 12.8. The number of ether oxygens (including phenoxy) is 1. The van der Waals surface area contributed by atoms with Gasteiger partial charge in [-0.25, -0.2) is 9.59 Å². The number of hydrogen-bond donors (Lipinski definition) is 3. The van der Waals surface area contributed by atoms with Crippen LogP contribution in [0.25, 0.3) is 11.1 Å². The van der Waals surface area contributed by atoms with Crippen molar-refractivity contribution in [2.24, 2.45) is 5.92 Å². The number of carbonyl (C=O) groups excluding carboxylic acids is 2. The van der Waals surface area contributed by atoms with E-state index in [0.29, 0.717) is 19.3 Å². The summed E-state index contributed by atoms with van der Waals surface area (Å²) in [5.74, 6) is -1.94. The summed E-state index contributed by atoms with van der Waals surface area (Å²) in [6, 6.07) is 14.9. The molecule has 0 aromatic heterocycles. The van der Waals surface area contributed by atoms with Crippen molar-refractivity contribution in [2.75, 3.05) is 6.61 Å². The minimum absolute atomic E-state index is 0.0398. The Morgan fingerprint density at radius 2 is 1.71 bits per heavy atom. The zero-order valence-corrected chi connectivity index (χ0v) is 19.0. The monoisotopic (exact) mass is 462 g/mol. The Hall–Kier alpha value is -3.61. The van der Waals surface area contributed by atoms with Crippen molar-refractivity contribution in [3.63, 3.8) is 0 Å². The molecule has 2 aromatic carbocycles. The Morgan fingerprint density at radius 1 is 1.06 bits per heavy atom. The number of carboxylic acids is 1. The van der Waals surface area contributed by atoms with Crippen molar-refractivity contribution in [1.82, 2.24) is 10.6 Å². The molecule has 0 bridgehead atoms. The fraction of sp³-hybridized carbons (Fsp3) is 0.370. The summed E-state index contributed by atoms with van der Waals surface area (Å²) < 4.78 is 5.62. The van der Waals surface area contributed by atoms with Crippen LogP contribution < -0.4 is 10.6 Å². The molecule has 2 aliphatic carbocycles. The number of alkyl carbamates (subject to hydrolysis) is 1. The molecule has 2 aliphatic rings. The van der Waals surface area contributed by atoms with Gasteiger partial charge in [-0.05, 0) is 47.9 Å². The molecule has 34 heavy (non-hydrogen) atoms. The largest absolute Gasteiger partial charge is 0.480 e. The van der Waals surface area contributed by atoms with Crippen molar-refractivity contribution in [3.8, 4) is 11.1 Å². The predicted octanol–water partition coefficient (Wildman–Crippen LogP) is 4.23. The van der Waals surface area contributed by atoms with Crippen LogP contribution in [0, 0.1) is 5.92 Å². The second-order valence-electron chi connectivity index (χ2n) is 8.88. The van der Waals surface area contributed by atoms with Gasteiger partial charge in [-0.2, -0.15) is 0 Å². The molecule has 0 aliphatic heterocycles. The van der Waals surface area contributed by atoms with E-state index in [4.69, 9.17) is 4.74 Å². The number of rotatable bonds is 9. The number of hydrogen-bond acceptors (Lipinski definition) is 4. The number of allylic oxidation sites excluding steroid dienone is 1. The van der Waals surface area contributed by atoms with Crippen LogP contribution in [-0.2, 0) is 14.3 Å². The third-order valence-corrected chi connectivity index (χ3v) is 6.77. The van der Waals surface area contributed by atoms with Gasteiger partial charge in [0.1, 0.15) is 12.6 Å². The van der Waals surface area contributed by atoms with Crippen LogP contribution in [-0.4, -0.2) is 41.8 Å². The Bertz CT molecular complexity index is 1040. The maximum Gasteiger partial charge on any atom is 0.407 e. The van der Waals surface area contributed by atoms with E-state index in [9.17, 15) is 19.5 Å². The van der Waals surface area contributed by atoms with Gasteiger partial charge in [-0.15, -0.1) is 6.58 Å². The first-order chi connectivity index (χ1) is 16.5. The van der Waals surface area contributed by atoms with Crippen LogP contribution in [0.4, 0.5) is 4.79 Å². The average Bonchev–Trinajstić information content (AvgIpc) is 3.42. The van der Waals surface area contributed by atoms with Gasteiger partial charge >= 0.3 is 12.1 Å². The molecule has 4 rings (SSSR count). The first-order valence-electron chi connectivity index (χ1n) is 11.7. The quantitative estimate of drug-likeness (QED) is 0.484. The summed E-state index contributed by atoms with van der Waals surface area (Å²) in [6.07, 6.45) is 3.84. The topological polar surface area (TPSA) is 105 Å². The van der Waals surface area contributed by atoms with Gasteiger partial charge < -0.3 is 20.5 Å². The molecular weight excluding hydrogens is 432 g/mol. The van der Waals surface area contributed by atoms with Crippen molar-refractivity contribution in [3.05, 3.63) is 72.3 Å². The number of carbonyl (C=O) groups is 3. The second-order valence-corrected chi connectivity index (χ2v) is 8.88. The highest BCUT2D eigenvalue weighted by molar-refractivity contribution is 5.86. The van der Waals surface area contributed by atoms with Crippen LogP contribution in [0.1, 0.15) is 49.1 Å². The van der Waals surface area contributed by atoms with Gasteiger partial charge in [-0.1, -0.05) is 61.0 Å². The van der Waals surface area contributed by atoms with E-state index in [0.717, 1.165) is 28.7 Å². The summed E-state index contributed by atoms with van der Waals surface area (Å²) in [7, 11) is 0. The molecule has 0 heterocycles. The molecule has 0 saturated heterocycles. The fourth-order valence-corrected chi connectivity index (χ4v) is 5.06. The summed E-state index contributed by atoms with van der Waals surface area (Å²) in [6.45, 7) is 3.80. The maximum atomic E-state index is 12.8. The SMILES string of the molecule is C=CCCC(NC(=O)C1CCCC1NC(=O)OCC1c2ccccc2-c2ccccc21)C(=O)O. The van der Waals surface area contributed by atoms with E-state index in [2.05, 4.69) is 41.5 Å². The van der Waals surface area contributed by atoms with E-state index >= 15 is 0 Å². The lowest BCUT2D eigenvalue weighted by atomic mass is 9.98. The van der Waals surface area contributed by atoms with Gasteiger partial charge in [0, 0.05) is 12.0 Å². The number of benzene rings is 2. The zero-order chi connectivity index (χ0) is 24.1. The average molecular weight is 463 g/mol. The molecule has 7 heteroatoms. The van der Waals surface area contributed by atoms with Gasteiger partial charge in [0.2, 0.25) is 5.91 Å². The van der Waals surface area contributed by atoms with E-state index in [1.165, 1.54) is 0 Å². The second kappa shape index (κ2) is 10.5. The summed E-state index contributed by atoms with van der Waals surface area (Å²) in [5.41, 5.74) is 4.58. The van der Waals surface area contributed by atoms with Crippen LogP contribution in [0.3, 0.4) is 0 Å².